The van der Waals surface area contributed by atoms with Crippen molar-refractivity contribution >= 4 is 25.9 Å². The maximum atomic E-state index is 14.3. The van der Waals surface area contributed by atoms with Crippen molar-refractivity contribution in [1.82, 2.24) is 0 Å². The van der Waals surface area contributed by atoms with Gasteiger partial charge in [-0.25, -0.2) is 0 Å². The SMILES string of the molecule is CCCCC(F)(F)C(=O)CCC1C(O[Si](C)(C)C(C)(C)C)CC(=O)C1CCCCCCC(=O)O. The Labute approximate surface area is 205 Å². The maximum Gasteiger partial charge on any atom is 0.305 e. The van der Waals surface area contributed by atoms with Gasteiger partial charge in [0.25, 0.3) is 0 Å². The number of rotatable bonds is 16. The van der Waals surface area contributed by atoms with Crippen molar-refractivity contribution in [2.45, 2.75) is 135 Å². The largest absolute Gasteiger partial charge is 0.481 e. The molecule has 1 aliphatic carbocycles. The molecule has 0 aromatic carbocycles. The van der Waals surface area contributed by atoms with E-state index in [2.05, 4.69) is 33.9 Å². The Bertz CT molecular complexity index is 687. The second kappa shape index (κ2) is 13.2. The van der Waals surface area contributed by atoms with Gasteiger partial charge < -0.3 is 9.53 Å². The van der Waals surface area contributed by atoms with Gasteiger partial charge >= 0.3 is 11.9 Å². The highest BCUT2D eigenvalue weighted by atomic mass is 28.4. The zero-order chi connectivity index (χ0) is 26.2. The molecule has 1 fully saturated rings. The Balaban J connectivity index is 2.88. The van der Waals surface area contributed by atoms with Crippen LogP contribution in [0.15, 0.2) is 0 Å². The Kier molecular flexibility index (Phi) is 12.0. The van der Waals surface area contributed by atoms with Crippen LogP contribution in [0, 0.1) is 11.8 Å². The minimum Gasteiger partial charge on any atom is -0.481 e. The lowest BCUT2D eigenvalue weighted by Gasteiger charge is -2.40. The molecule has 8 heteroatoms. The summed E-state index contributed by atoms with van der Waals surface area (Å²) < 4.78 is 35.1. The summed E-state index contributed by atoms with van der Waals surface area (Å²) in [4.78, 5) is 36.0. The molecule has 1 aliphatic rings. The number of ketones is 2. The van der Waals surface area contributed by atoms with Crippen molar-refractivity contribution in [1.29, 1.82) is 0 Å². The number of Topliss-reactive ketones (excluding diaryl/α,β-unsaturated/α-hetero) is 2. The molecule has 0 saturated heterocycles. The van der Waals surface area contributed by atoms with Crippen LogP contribution in [0.4, 0.5) is 8.78 Å². The number of carboxylic acids is 1. The van der Waals surface area contributed by atoms with Crippen LogP contribution in [0.5, 0.6) is 0 Å². The van der Waals surface area contributed by atoms with Gasteiger partial charge in [-0.05, 0) is 49.7 Å². The number of carboxylic acid groups (broad SMARTS) is 1. The van der Waals surface area contributed by atoms with Crippen LogP contribution in [0.3, 0.4) is 0 Å². The van der Waals surface area contributed by atoms with Crippen LogP contribution in [0.2, 0.25) is 18.1 Å². The maximum absolute atomic E-state index is 14.3. The van der Waals surface area contributed by atoms with E-state index in [1.165, 1.54) is 0 Å². The first-order valence-electron chi connectivity index (χ1n) is 13.0. The Hall–Kier alpha value is -1.15. The van der Waals surface area contributed by atoms with Crippen molar-refractivity contribution in [2.24, 2.45) is 11.8 Å². The minimum atomic E-state index is -3.31. The third-order valence-corrected chi connectivity index (χ3v) is 12.2. The molecule has 3 atom stereocenters. The molecule has 1 saturated carbocycles. The zero-order valence-corrected chi connectivity index (χ0v) is 23.1. The van der Waals surface area contributed by atoms with Crippen LogP contribution in [-0.4, -0.2) is 43.0 Å². The monoisotopic (exact) mass is 504 g/mol. The lowest BCUT2D eigenvalue weighted by Crippen LogP contribution is -2.45. The van der Waals surface area contributed by atoms with Crippen LogP contribution in [0.25, 0.3) is 0 Å². The summed E-state index contributed by atoms with van der Waals surface area (Å²) in [6.07, 6.45) is 4.22. The topological polar surface area (TPSA) is 80.7 Å². The zero-order valence-electron chi connectivity index (χ0n) is 22.1. The van der Waals surface area contributed by atoms with Gasteiger partial charge in [-0.15, -0.1) is 0 Å². The average Bonchev–Trinajstić information content (AvgIpc) is 2.99. The summed E-state index contributed by atoms with van der Waals surface area (Å²) in [5.41, 5.74) is 0. The fraction of sp³-hybridized carbons (Fsp3) is 0.885. The van der Waals surface area contributed by atoms with Gasteiger partial charge in [0.2, 0.25) is 5.78 Å². The molecule has 1 N–H and O–H groups in total. The number of aliphatic carboxylic acids is 1. The molecule has 198 valence electrons. The van der Waals surface area contributed by atoms with E-state index in [9.17, 15) is 23.2 Å². The van der Waals surface area contributed by atoms with E-state index in [4.69, 9.17) is 9.53 Å². The van der Waals surface area contributed by atoms with Crippen LogP contribution >= 0.6 is 0 Å². The first kappa shape index (κ1) is 30.9. The molecular formula is C26H46F2O5Si. The molecule has 0 aromatic heterocycles. The van der Waals surface area contributed by atoms with Crippen molar-refractivity contribution in [3.63, 3.8) is 0 Å². The number of carbonyl (C=O) groups is 3. The number of alkyl halides is 2. The Morgan fingerprint density at radius 3 is 2.21 bits per heavy atom. The number of hydrogen-bond acceptors (Lipinski definition) is 4. The number of halogens is 2. The summed E-state index contributed by atoms with van der Waals surface area (Å²) in [5.74, 6) is -5.56. The molecule has 0 heterocycles. The van der Waals surface area contributed by atoms with Crippen molar-refractivity contribution < 1.29 is 32.7 Å². The highest BCUT2D eigenvalue weighted by Gasteiger charge is 2.48. The van der Waals surface area contributed by atoms with Gasteiger partial charge in [0, 0.05) is 31.6 Å². The third kappa shape index (κ3) is 9.48. The molecule has 0 aromatic rings. The summed E-state index contributed by atoms with van der Waals surface area (Å²) >= 11 is 0. The van der Waals surface area contributed by atoms with Gasteiger partial charge in [0.15, 0.2) is 8.32 Å². The van der Waals surface area contributed by atoms with Crippen molar-refractivity contribution in [3.05, 3.63) is 0 Å². The lowest BCUT2D eigenvalue weighted by molar-refractivity contribution is -0.144. The van der Waals surface area contributed by atoms with Gasteiger partial charge in [0.1, 0.15) is 5.78 Å². The predicted molar refractivity (Wildman–Crippen MR) is 133 cm³/mol. The predicted octanol–water partition coefficient (Wildman–Crippen LogP) is 7.18. The van der Waals surface area contributed by atoms with E-state index in [0.717, 1.165) is 19.3 Å². The van der Waals surface area contributed by atoms with Crippen molar-refractivity contribution in [2.75, 3.05) is 0 Å². The van der Waals surface area contributed by atoms with E-state index in [-0.39, 0.29) is 54.4 Å². The molecule has 0 aliphatic heterocycles. The molecule has 34 heavy (non-hydrogen) atoms. The van der Waals surface area contributed by atoms with E-state index >= 15 is 0 Å². The second-order valence-electron chi connectivity index (χ2n) is 11.5. The second-order valence-corrected chi connectivity index (χ2v) is 16.2. The van der Waals surface area contributed by atoms with Gasteiger partial charge in [-0.2, -0.15) is 8.78 Å². The highest BCUT2D eigenvalue weighted by molar-refractivity contribution is 6.74. The first-order valence-corrected chi connectivity index (χ1v) is 15.9. The fourth-order valence-corrected chi connectivity index (χ4v) is 5.83. The smallest absolute Gasteiger partial charge is 0.305 e. The highest BCUT2D eigenvalue weighted by Crippen LogP contribution is 2.44. The Morgan fingerprint density at radius 1 is 1.03 bits per heavy atom. The van der Waals surface area contributed by atoms with Gasteiger partial charge in [0.05, 0.1) is 6.10 Å². The van der Waals surface area contributed by atoms with Gasteiger partial charge in [-0.1, -0.05) is 53.4 Å². The van der Waals surface area contributed by atoms with Crippen LogP contribution < -0.4 is 0 Å². The standard InChI is InChI=1S/C26H46F2O5Si/c1-7-8-17-26(27,28)23(30)16-15-20-19(13-11-9-10-12-14-24(31)32)21(29)18-22(20)33-34(5,6)25(2,3)4/h19-20,22H,7-18H2,1-6H3,(H,31,32). The molecule has 0 spiro atoms. The average molecular weight is 505 g/mol. The van der Waals surface area contributed by atoms with E-state index in [1.807, 2.05) is 6.92 Å². The number of carbonyl (C=O) groups excluding carboxylic acids is 2. The molecule has 0 amide bonds. The quantitative estimate of drug-likeness (QED) is 0.178. The molecule has 1 rings (SSSR count). The normalized spacial score (nSPS) is 21.8. The molecular weight excluding hydrogens is 458 g/mol. The summed E-state index contributed by atoms with van der Waals surface area (Å²) in [6, 6.07) is 0. The van der Waals surface area contributed by atoms with E-state index in [0.29, 0.717) is 25.7 Å². The molecule has 5 nitrogen and oxygen atoms in total. The summed E-state index contributed by atoms with van der Waals surface area (Å²) in [6.45, 7) is 12.4. The van der Waals surface area contributed by atoms with E-state index < -0.39 is 32.4 Å². The minimum absolute atomic E-state index is 0.0498. The van der Waals surface area contributed by atoms with E-state index in [1.54, 1.807) is 0 Å². The third-order valence-electron chi connectivity index (χ3n) is 7.68. The number of unbranched alkanes of at least 4 members (excludes halogenated alkanes) is 4. The van der Waals surface area contributed by atoms with Crippen LogP contribution in [-0.2, 0) is 18.8 Å². The first-order chi connectivity index (χ1) is 15.6. The molecule has 0 radical (unpaired) electrons. The molecule has 0 bridgehead atoms. The van der Waals surface area contributed by atoms with Crippen molar-refractivity contribution in [3.8, 4) is 0 Å². The van der Waals surface area contributed by atoms with Crippen LogP contribution in [0.1, 0.15) is 105 Å². The summed E-state index contributed by atoms with van der Waals surface area (Å²) in [7, 11) is -2.18. The Morgan fingerprint density at radius 2 is 1.65 bits per heavy atom. The molecule has 3 unspecified atom stereocenters. The van der Waals surface area contributed by atoms with Gasteiger partial charge in [-0.3, -0.25) is 14.4 Å². The fourth-order valence-electron chi connectivity index (χ4n) is 4.46. The lowest BCUT2D eigenvalue weighted by atomic mass is 9.85. The number of hydrogen-bond donors (Lipinski definition) is 1. The summed E-state index contributed by atoms with van der Waals surface area (Å²) in [5, 5.41) is 8.71.